The van der Waals surface area contributed by atoms with Crippen molar-refractivity contribution in [3.63, 3.8) is 0 Å². The molecule has 0 saturated heterocycles. The molecule has 0 bridgehead atoms. The molecule has 0 aromatic heterocycles. The lowest BCUT2D eigenvalue weighted by molar-refractivity contribution is -0.157. The second kappa shape index (κ2) is 5.14. The van der Waals surface area contributed by atoms with Gasteiger partial charge in [-0.2, -0.15) is 0 Å². The highest BCUT2D eigenvalue weighted by Crippen LogP contribution is 2.34. The van der Waals surface area contributed by atoms with Crippen LogP contribution in [0.25, 0.3) is 0 Å². The smallest absolute Gasteiger partial charge is 0.310 e. The van der Waals surface area contributed by atoms with E-state index < -0.39 is 17.8 Å². The number of carboxylic acid groups (broad SMARTS) is 1. The topological polar surface area (TPSA) is 63.6 Å². The van der Waals surface area contributed by atoms with E-state index in [1.54, 1.807) is 6.92 Å². The minimum Gasteiger partial charge on any atom is -0.481 e. The lowest BCUT2D eigenvalue weighted by Crippen LogP contribution is -2.34. The van der Waals surface area contributed by atoms with Crippen molar-refractivity contribution in [1.29, 1.82) is 0 Å². The van der Waals surface area contributed by atoms with E-state index in [1.165, 1.54) is 0 Å². The standard InChI is InChI=1S/C12H18O4/c1-4-16-12(15)10-6-8(3)7(2)5-9(10)11(13)14/h9-10H,4-6H2,1-3H3,(H,13,14)/t9-,10+/m1/s1. The first kappa shape index (κ1) is 12.7. The Balaban J connectivity index is 2.88. The monoisotopic (exact) mass is 226 g/mol. The van der Waals surface area contributed by atoms with Gasteiger partial charge >= 0.3 is 11.9 Å². The summed E-state index contributed by atoms with van der Waals surface area (Å²) in [6.45, 7) is 5.89. The average molecular weight is 226 g/mol. The lowest BCUT2D eigenvalue weighted by atomic mass is 9.76. The first-order valence-electron chi connectivity index (χ1n) is 5.52. The van der Waals surface area contributed by atoms with Gasteiger partial charge in [-0.3, -0.25) is 9.59 Å². The molecule has 1 aliphatic rings. The van der Waals surface area contributed by atoms with E-state index in [9.17, 15) is 9.59 Å². The Labute approximate surface area is 95.3 Å². The van der Waals surface area contributed by atoms with Gasteiger partial charge in [0.15, 0.2) is 0 Å². The van der Waals surface area contributed by atoms with Crippen LogP contribution in [-0.4, -0.2) is 23.7 Å². The zero-order chi connectivity index (χ0) is 12.3. The quantitative estimate of drug-likeness (QED) is 0.590. The minimum absolute atomic E-state index is 0.295. The molecule has 1 aliphatic carbocycles. The summed E-state index contributed by atoms with van der Waals surface area (Å²) in [4.78, 5) is 22.8. The molecule has 1 rings (SSSR count). The third-order valence-corrected chi connectivity index (χ3v) is 3.17. The van der Waals surface area contributed by atoms with Crippen LogP contribution >= 0.6 is 0 Å². The molecule has 0 unspecified atom stereocenters. The van der Waals surface area contributed by atoms with Crippen molar-refractivity contribution in [2.45, 2.75) is 33.6 Å². The first-order valence-corrected chi connectivity index (χ1v) is 5.52. The van der Waals surface area contributed by atoms with E-state index in [-0.39, 0.29) is 5.97 Å². The van der Waals surface area contributed by atoms with Crippen LogP contribution in [0.2, 0.25) is 0 Å². The van der Waals surface area contributed by atoms with Crippen molar-refractivity contribution < 1.29 is 19.4 Å². The summed E-state index contributed by atoms with van der Waals surface area (Å²) in [5.41, 5.74) is 2.18. The zero-order valence-corrected chi connectivity index (χ0v) is 9.95. The van der Waals surface area contributed by atoms with Crippen molar-refractivity contribution in [3.05, 3.63) is 11.1 Å². The Kier molecular flexibility index (Phi) is 4.10. The molecule has 0 spiro atoms. The number of carboxylic acids is 1. The van der Waals surface area contributed by atoms with E-state index in [2.05, 4.69) is 0 Å². The van der Waals surface area contributed by atoms with Crippen LogP contribution in [0.3, 0.4) is 0 Å². The molecule has 1 N–H and O–H groups in total. The van der Waals surface area contributed by atoms with Crippen LogP contribution in [-0.2, 0) is 14.3 Å². The van der Waals surface area contributed by atoms with Crippen LogP contribution in [0, 0.1) is 11.8 Å². The number of esters is 1. The Morgan fingerprint density at radius 3 is 2.19 bits per heavy atom. The van der Waals surface area contributed by atoms with Crippen LogP contribution in [0.1, 0.15) is 33.6 Å². The van der Waals surface area contributed by atoms with Crippen molar-refractivity contribution in [2.24, 2.45) is 11.8 Å². The van der Waals surface area contributed by atoms with E-state index in [0.717, 1.165) is 11.1 Å². The van der Waals surface area contributed by atoms with Gasteiger partial charge in [-0.25, -0.2) is 0 Å². The zero-order valence-electron chi connectivity index (χ0n) is 9.95. The van der Waals surface area contributed by atoms with Crippen molar-refractivity contribution in [2.75, 3.05) is 6.61 Å². The Morgan fingerprint density at radius 2 is 1.75 bits per heavy atom. The fourth-order valence-corrected chi connectivity index (χ4v) is 2.05. The van der Waals surface area contributed by atoms with Crippen LogP contribution in [0.4, 0.5) is 0 Å². The van der Waals surface area contributed by atoms with Crippen molar-refractivity contribution in [1.82, 2.24) is 0 Å². The number of aliphatic carboxylic acids is 1. The third kappa shape index (κ3) is 2.62. The highest BCUT2D eigenvalue weighted by Gasteiger charge is 2.38. The molecule has 0 fully saturated rings. The number of rotatable bonds is 3. The molecular weight excluding hydrogens is 208 g/mol. The summed E-state index contributed by atoms with van der Waals surface area (Å²) in [5, 5.41) is 9.10. The van der Waals surface area contributed by atoms with E-state index in [1.807, 2.05) is 13.8 Å². The second-order valence-electron chi connectivity index (χ2n) is 4.27. The van der Waals surface area contributed by atoms with Gasteiger partial charge in [-0.05, 0) is 33.6 Å². The number of hydrogen-bond donors (Lipinski definition) is 1. The van der Waals surface area contributed by atoms with Gasteiger partial charge < -0.3 is 9.84 Å². The van der Waals surface area contributed by atoms with Crippen LogP contribution < -0.4 is 0 Å². The summed E-state index contributed by atoms with van der Waals surface area (Å²) in [5.74, 6) is -2.46. The maximum Gasteiger partial charge on any atom is 0.310 e. The Hall–Kier alpha value is -1.32. The fraction of sp³-hybridized carbons (Fsp3) is 0.667. The molecule has 0 heterocycles. The molecule has 2 atom stereocenters. The van der Waals surface area contributed by atoms with Crippen molar-refractivity contribution >= 4 is 11.9 Å². The maximum atomic E-state index is 11.7. The van der Waals surface area contributed by atoms with Gasteiger partial charge in [-0.1, -0.05) is 11.1 Å². The molecule has 4 heteroatoms. The largest absolute Gasteiger partial charge is 0.481 e. The molecule has 0 aromatic rings. The highest BCUT2D eigenvalue weighted by atomic mass is 16.5. The van der Waals surface area contributed by atoms with Gasteiger partial charge in [-0.15, -0.1) is 0 Å². The summed E-state index contributed by atoms with van der Waals surface area (Å²) >= 11 is 0. The third-order valence-electron chi connectivity index (χ3n) is 3.17. The summed E-state index contributed by atoms with van der Waals surface area (Å²) in [6, 6.07) is 0. The number of carbonyl (C=O) groups excluding carboxylic acids is 1. The summed E-state index contributed by atoms with van der Waals surface area (Å²) in [7, 11) is 0. The summed E-state index contributed by atoms with van der Waals surface area (Å²) in [6.07, 6.45) is 0.951. The van der Waals surface area contributed by atoms with Crippen LogP contribution in [0.5, 0.6) is 0 Å². The summed E-state index contributed by atoms with van der Waals surface area (Å²) < 4.78 is 4.92. The SMILES string of the molecule is CCOC(=O)[C@H]1CC(C)=C(C)C[C@H]1C(=O)O. The van der Waals surface area contributed by atoms with Crippen molar-refractivity contribution in [3.8, 4) is 0 Å². The van der Waals surface area contributed by atoms with Crippen LogP contribution in [0.15, 0.2) is 11.1 Å². The van der Waals surface area contributed by atoms with E-state index >= 15 is 0 Å². The molecule has 0 aliphatic heterocycles. The molecule has 0 amide bonds. The van der Waals surface area contributed by atoms with Gasteiger partial charge in [0.2, 0.25) is 0 Å². The van der Waals surface area contributed by atoms with Gasteiger partial charge in [0.05, 0.1) is 18.4 Å². The Bertz CT molecular complexity index is 330. The molecule has 0 aromatic carbocycles. The molecular formula is C12H18O4. The molecule has 4 nitrogen and oxygen atoms in total. The average Bonchev–Trinajstić information content (AvgIpc) is 2.21. The van der Waals surface area contributed by atoms with Gasteiger partial charge in [0.25, 0.3) is 0 Å². The number of hydrogen-bond acceptors (Lipinski definition) is 3. The fourth-order valence-electron chi connectivity index (χ4n) is 2.05. The number of carbonyl (C=O) groups is 2. The van der Waals surface area contributed by atoms with Gasteiger partial charge in [0, 0.05) is 0 Å². The lowest BCUT2D eigenvalue weighted by Gasteiger charge is -2.28. The maximum absolute atomic E-state index is 11.7. The number of allylic oxidation sites excluding steroid dienone is 2. The second-order valence-corrected chi connectivity index (χ2v) is 4.27. The van der Waals surface area contributed by atoms with E-state index in [4.69, 9.17) is 9.84 Å². The van der Waals surface area contributed by atoms with Gasteiger partial charge in [0.1, 0.15) is 0 Å². The number of ether oxygens (including phenoxy) is 1. The highest BCUT2D eigenvalue weighted by molar-refractivity contribution is 5.82. The molecule has 90 valence electrons. The first-order chi connectivity index (χ1) is 7.47. The molecule has 0 saturated carbocycles. The normalized spacial score (nSPS) is 25.4. The molecule has 0 radical (unpaired) electrons. The predicted octanol–water partition coefficient (Wildman–Crippen LogP) is 2.00. The minimum atomic E-state index is -0.912. The van der Waals surface area contributed by atoms with E-state index in [0.29, 0.717) is 19.4 Å². The predicted molar refractivity (Wildman–Crippen MR) is 58.9 cm³/mol. The Morgan fingerprint density at radius 1 is 1.25 bits per heavy atom. The molecule has 16 heavy (non-hydrogen) atoms.